The highest BCUT2D eigenvalue weighted by Gasteiger charge is 2.25. The number of nitrogens with zero attached hydrogens (tertiary/aromatic N) is 3. The molecule has 1 amide bonds. The van der Waals surface area contributed by atoms with Gasteiger partial charge in [-0.3, -0.25) is 15.1 Å². The van der Waals surface area contributed by atoms with Crippen LogP contribution in [0.25, 0.3) is 11.3 Å². The molecular weight excluding hydrogens is 420 g/mol. The molecule has 1 saturated heterocycles. The van der Waals surface area contributed by atoms with Crippen LogP contribution in [0, 0.1) is 0 Å². The van der Waals surface area contributed by atoms with Gasteiger partial charge in [0.05, 0.1) is 10.6 Å². The summed E-state index contributed by atoms with van der Waals surface area (Å²) < 4.78 is 27.3. The van der Waals surface area contributed by atoms with Crippen LogP contribution >= 0.6 is 11.3 Å². The van der Waals surface area contributed by atoms with E-state index in [0.717, 1.165) is 36.9 Å². The van der Waals surface area contributed by atoms with Crippen LogP contribution in [-0.2, 0) is 10.0 Å². The van der Waals surface area contributed by atoms with Crippen LogP contribution in [0.2, 0.25) is 0 Å². The first-order valence-electron chi connectivity index (χ1n) is 9.81. The number of carbonyl (C=O) groups is 1. The van der Waals surface area contributed by atoms with Crippen LogP contribution < -0.4 is 5.32 Å². The van der Waals surface area contributed by atoms with Gasteiger partial charge in [0.25, 0.3) is 5.91 Å². The van der Waals surface area contributed by atoms with E-state index in [0.29, 0.717) is 23.8 Å². The van der Waals surface area contributed by atoms with E-state index in [4.69, 9.17) is 0 Å². The number of nitrogens with one attached hydrogen (secondary N) is 1. The third kappa shape index (κ3) is 4.58. The van der Waals surface area contributed by atoms with Crippen molar-refractivity contribution >= 4 is 32.4 Å². The van der Waals surface area contributed by atoms with Crippen LogP contribution in [0.3, 0.4) is 0 Å². The van der Waals surface area contributed by atoms with Gasteiger partial charge in [0, 0.05) is 42.0 Å². The topological polar surface area (TPSA) is 92.3 Å². The molecule has 1 fully saturated rings. The lowest BCUT2D eigenvalue weighted by atomic mass is 10.2. The zero-order valence-electron chi connectivity index (χ0n) is 16.3. The van der Waals surface area contributed by atoms with Gasteiger partial charge in [-0.25, -0.2) is 13.4 Å². The summed E-state index contributed by atoms with van der Waals surface area (Å²) in [5.41, 5.74) is 2.06. The Morgan fingerprint density at radius 1 is 0.967 bits per heavy atom. The monoisotopic (exact) mass is 442 g/mol. The van der Waals surface area contributed by atoms with Gasteiger partial charge in [0.1, 0.15) is 0 Å². The lowest BCUT2D eigenvalue weighted by Gasteiger charge is -2.20. The number of anilines is 1. The summed E-state index contributed by atoms with van der Waals surface area (Å²) in [5.74, 6) is -0.329. The second-order valence-corrected chi connectivity index (χ2v) is 9.87. The molecule has 1 aliphatic rings. The van der Waals surface area contributed by atoms with Gasteiger partial charge >= 0.3 is 0 Å². The summed E-state index contributed by atoms with van der Waals surface area (Å²) in [6, 6.07) is 9.78. The van der Waals surface area contributed by atoms with Crippen LogP contribution in [0.5, 0.6) is 0 Å². The number of thiazole rings is 1. The third-order valence-electron chi connectivity index (χ3n) is 5.02. The van der Waals surface area contributed by atoms with Gasteiger partial charge < -0.3 is 0 Å². The highest BCUT2D eigenvalue weighted by atomic mass is 32.2. The first-order valence-corrected chi connectivity index (χ1v) is 12.1. The van der Waals surface area contributed by atoms with Crippen molar-refractivity contribution in [1.29, 1.82) is 0 Å². The van der Waals surface area contributed by atoms with Crippen LogP contribution in [-0.4, -0.2) is 41.7 Å². The maximum Gasteiger partial charge on any atom is 0.257 e. The van der Waals surface area contributed by atoms with Crippen molar-refractivity contribution in [3.05, 3.63) is 59.7 Å². The zero-order valence-corrected chi connectivity index (χ0v) is 18.0. The smallest absolute Gasteiger partial charge is 0.257 e. The van der Waals surface area contributed by atoms with Crippen molar-refractivity contribution in [2.75, 3.05) is 18.4 Å². The van der Waals surface area contributed by atoms with Gasteiger partial charge in [-0.05, 0) is 49.2 Å². The van der Waals surface area contributed by atoms with Gasteiger partial charge in [-0.2, -0.15) is 4.31 Å². The summed E-state index contributed by atoms with van der Waals surface area (Å²) in [6.45, 7) is 1.10. The molecule has 0 saturated carbocycles. The molecule has 3 heterocycles. The molecule has 0 bridgehead atoms. The molecule has 1 N–H and O–H groups in total. The predicted octanol–water partition coefficient (Wildman–Crippen LogP) is 4.02. The Hall–Kier alpha value is -2.62. The van der Waals surface area contributed by atoms with Crippen LogP contribution in [0.4, 0.5) is 5.13 Å². The Balaban J connectivity index is 1.45. The Labute approximate surface area is 179 Å². The molecule has 0 unspecified atom stereocenters. The number of benzene rings is 1. The number of pyridine rings is 1. The summed E-state index contributed by atoms with van der Waals surface area (Å²) in [6.07, 6.45) is 7.27. The Bertz CT molecular complexity index is 1100. The number of hydrogen-bond acceptors (Lipinski definition) is 6. The minimum atomic E-state index is -3.53. The number of carbonyl (C=O) groups excluding carboxylic acids is 1. The van der Waals surface area contributed by atoms with E-state index < -0.39 is 10.0 Å². The minimum absolute atomic E-state index is 0.218. The molecular formula is C21H22N4O3S2. The summed E-state index contributed by atoms with van der Waals surface area (Å²) in [4.78, 5) is 21.2. The number of sulfonamides is 1. The Morgan fingerprint density at radius 3 is 2.30 bits per heavy atom. The molecule has 0 spiro atoms. The second kappa shape index (κ2) is 9.03. The fourth-order valence-corrected chi connectivity index (χ4v) is 5.60. The molecule has 7 nitrogen and oxygen atoms in total. The van der Waals surface area contributed by atoms with Gasteiger partial charge in [0.15, 0.2) is 5.13 Å². The highest BCUT2D eigenvalue weighted by Crippen LogP contribution is 2.25. The summed E-state index contributed by atoms with van der Waals surface area (Å²) in [7, 11) is -3.53. The lowest BCUT2D eigenvalue weighted by molar-refractivity contribution is 0.102. The average Bonchev–Trinajstić information content (AvgIpc) is 3.05. The molecule has 1 aliphatic heterocycles. The predicted molar refractivity (Wildman–Crippen MR) is 117 cm³/mol. The molecule has 156 valence electrons. The van der Waals surface area contributed by atoms with Gasteiger partial charge in [-0.15, -0.1) is 11.3 Å². The summed E-state index contributed by atoms with van der Waals surface area (Å²) in [5, 5.41) is 5.11. The first-order chi connectivity index (χ1) is 14.5. The fourth-order valence-electron chi connectivity index (χ4n) is 3.37. The highest BCUT2D eigenvalue weighted by molar-refractivity contribution is 7.89. The first kappa shape index (κ1) is 20.6. The van der Waals surface area contributed by atoms with E-state index in [-0.39, 0.29) is 10.8 Å². The molecule has 30 heavy (non-hydrogen) atoms. The van der Waals surface area contributed by atoms with Crippen molar-refractivity contribution in [3.63, 3.8) is 0 Å². The van der Waals surface area contributed by atoms with E-state index in [2.05, 4.69) is 15.3 Å². The number of amides is 1. The van der Waals surface area contributed by atoms with Crippen LogP contribution in [0.15, 0.2) is 59.1 Å². The molecule has 2 aromatic heterocycles. The van der Waals surface area contributed by atoms with Crippen molar-refractivity contribution in [3.8, 4) is 11.3 Å². The second-order valence-electron chi connectivity index (χ2n) is 7.07. The molecule has 9 heteroatoms. The fraction of sp³-hybridized carbons (Fsp3) is 0.286. The van der Waals surface area contributed by atoms with Crippen molar-refractivity contribution < 1.29 is 13.2 Å². The number of rotatable bonds is 5. The SMILES string of the molecule is O=C(Nc1nc(-c2ccncc2)cs1)c1ccc(S(=O)(=O)N2CCCCCC2)cc1. The van der Waals surface area contributed by atoms with Gasteiger partial charge in [-0.1, -0.05) is 12.8 Å². The normalized spacial score (nSPS) is 15.5. The van der Waals surface area contributed by atoms with Crippen molar-refractivity contribution in [2.24, 2.45) is 0 Å². The largest absolute Gasteiger partial charge is 0.298 e. The number of hydrogen-bond donors (Lipinski definition) is 1. The molecule has 1 aromatic carbocycles. The van der Waals surface area contributed by atoms with E-state index in [1.807, 2.05) is 17.5 Å². The van der Waals surface area contributed by atoms with Gasteiger partial charge in [0.2, 0.25) is 10.0 Å². The Morgan fingerprint density at radius 2 is 1.63 bits per heavy atom. The minimum Gasteiger partial charge on any atom is -0.298 e. The zero-order chi connectivity index (χ0) is 21.0. The van der Waals surface area contributed by atoms with E-state index >= 15 is 0 Å². The van der Waals surface area contributed by atoms with E-state index in [9.17, 15) is 13.2 Å². The average molecular weight is 443 g/mol. The molecule has 3 aromatic rings. The molecule has 4 rings (SSSR count). The summed E-state index contributed by atoms with van der Waals surface area (Å²) >= 11 is 1.33. The van der Waals surface area contributed by atoms with E-state index in [1.165, 1.54) is 35.6 Å². The van der Waals surface area contributed by atoms with E-state index in [1.54, 1.807) is 16.7 Å². The number of aromatic nitrogens is 2. The molecule has 0 aliphatic carbocycles. The third-order valence-corrected chi connectivity index (χ3v) is 7.69. The van der Waals surface area contributed by atoms with Crippen molar-refractivity contribution in [2.45, 2.75) is 30.6 Å². The quantitative estimate of drug-likeness (QED) is 0.644. The van der Waals surface area contributed by atoms with Crippen LogP contribution in [0.1, 0.15) is 36.0 Å². The Kier molecular flexibility index (Phi) is 6.21. The standard InChI is InChI=1S/C21H22N4O3S2/c26-20(24-21-23-19(15-29-21)16-9-11-22-12-10-16)17-5-7-18(8-6-17)30(27,28)25-13-3-1-2-4-14-25/h5-12,15H,1-4,13-14H2,(H,23,24,26). The maximum atomic E-state index is 12.9. The lowest BCUT2D eigenvalue weighted by Crippen LogP contribution is -2.31. The maximum absolute atomic E-state index is 12.9. The van der Waals surface area contributed by atoms with Crippen molar-refractivity contribution in [1.82, 2.24) is 14.3 Å². The molecule has 0 atom stereocenters. The molecule has 0 radical (unpaired) electrons.